The minimum Gasteiger partial charge on any atom is -0.480 e. The Balaban J connectivity index is 2.32. The van der Waals surface area contributed by atoms with Crippen LogP contribution in [0.25, 0.3) is 0 Å². The van der Waals surface area contributed by atoms with Gasteiger partial charge in [-0.15, -0.1) is 0 Å². The number of hydrogen-bond donors (Lipinski definition) is 1. The molecular weight excluding hydrogens is 254 g/mol. The molecule has 0 aromatic rings. The van der Waals surface area contributed by atoms with E-state index in [9.17, 15) is 9.59 Å². The molecule has 0 spiro atoms. The first-order valence-corrected chi connectivity index (χ1v) is 7.50. The molecule has 1 aliphatic heterocycles. The van der Waals surface area contributed by atoms with E-state index in [1.165, 1.54) is 4.90 Å². The zero-order valence-corrected chi connectivity index (χ0v) is 11.6. The van der Waals surface area contributed by atoms with E-state index in [-0.39, 0.29) is 12.5 Å². The molecule has 1 saturated heterocycles. The predicted octanol–water partition coefficient (Wildman–Crippen LogP) is 1.22. The molecule has 1 aliphatic rings. The number of morpholine rings is 1. The maximum absolute atomic E-state index is 11.9. The lowest BCUT2D eigenvalue weighted by atomic mass is 10.2. The molecular formula is C12H21NO4S. The summed E-state index contributed by atoms with van der Waals surface area (Å²) >= 11 is 1.75. The van der Waals surface area contributed by atoms with Gasteiger partial charge in [-0.1, -0.05) is 13.3 Å². The Bertz CT molecular complexity index is 285. The monoisotopic (exact) mass is 275 g/mol. The van der Waals surface area contributed by atoms with Crippen LogP contribution in [0.3, 0.4) is 0 Å². The second-order valence-electron chi connectivity index (χ2n) is 4.23. The maximum atomic E-state index is 11.9. The first-order chi connectivity index (χ1) is 8.66. The average Bonchev–Trinajstić information content (AvgIpc) is 2.38. The summed E-state index contributed by atoms with van der Waals surface area (Å²) in [6.07, 6.45) is 2.73. The second-order valence-corrected chi connectivity index (χ2v) is 5.46. The van der Waals surface area contributed by atoms with Crippen molar-refractivity contribution < 1.29 is 19.4 Å². The second kappa shape index (κ2) is 8.37. The smallest absolute Gasteiger partial charge is 0.328 e. The number of nitrogens with zero attached hydrogens (tertiary/aromatic N) is 1. The molecule has 0 saturated carbocycles. The van der Waals surface area contributed by atoms with Crippen molar-refractivity contribution in [3.63, 3.8) is 0 Å². The van der Waals surface area contributed by atoms with Gasteiger partial charge in [0.15, 0.2) is 6.04 Å². The number of aliphatic carboxylic acids is 1. The summed E-state index contributed by atoms with van der Waals surface area (Å²) in [5.74, 6) is 0.772. The maximum Gasteiger partial charge on any atom is 0.328 e. The molecule has 0 aromatic carbocycles. The number of hydrogen-bond acceptors (Lipinski definition) is 4. The molecule has 1 N–H and O–H groups in total. The van der Waals surface area contributed by atoms with Crippen LogP contribution in [0.15, 0.2) is 0 Å². The topological polar surface area (TPSA) is 66.8 Å². The fraction of sp³-hybridized carbons (Fsp3) is 0.833. The molecule has 0 aliphatic carbocycles. The average molecular weight is 275 g/mol. The fourth-order valence-corrected chi connectivity index (χ4v) is 2.77. The van der Waals surface area contributed by atoms with Crippen molar-refractivity contribution in [1.29, 1.82) is 0 Å². The molecule has 1 atom stereocenters. The SMILES string of the molecule is CCCCSCCC(=O)N1CCOCC1C(=O)O. The summed E-state index contributed by atoms with van der Waals surface area (Å²) < 4.78 is 5.10. The van der Waals surface area contributed by atoms with E-state index in [4.69, 9.17) is 9.84 Å². The van der Waals surface area contributed by atoms with Crippen LogP contribution in [0.2, 0.25) is 0 Å². The van der Waals surface area contributed by atoms with Gasteiger partial charge in [-0.25, -0.2) is 4.79 Å². The normalized spacial score (nSPS) is 19.8. The van der Waals surface area contributed by atoms with E-state index in [1.54, 1.807) is 11.8 Å². The van der Waals surface area contributed by atoms with Gasteiger partial charge in [-0.3, -0.25) is 4.79 Å². The van der Waals surface area contributed by atoms with Gasteiger partial charge in [0, 0.05) is 18.7 Å². The van der Waals surface area contributed by atoms with Crippen LogP contribution in [0.5, 0.6) is 0 Å². The molecule has 1 heterocycles. The molecule has 0 radical (unpaired) electrons. The molecule has 104 valence electrons. The predicted molar refractivity (Wildman–Crippen MR) is 70.8 cm³/mol. The highest BCUT2D eigenvalue weighted by atomic mass is 32.2. The number of carbonyl (C=O) groups excluding carboxylic acids is 1. The molecule has 18 heavy (non-hydrogen) atoms. The minimum atomic E-state index is -0.985. The molecule has 0 bridgehead atoms. The molecule has 6 heteroatoms. The van der Waals surface area contributed by atoms with Crippen LogP contribution in [-0.2, 0) is 14.3 Å². The van der Waals surface area contributed by atoms with Gasteiger partial charge in [0.05, 0.1) is 13.2 Å². The summed E-state index contributed by atoms with van der Waals surface area (Å²) in [6.45, 7) is 3.05. The Morgan fingerprint density at radius 1 is 1.44 bits per heavy atom. The number of carboxylic acids is 1. The molecule has 1 fully saturated rings. The van der Waals surface area contributed by atoms with Gasteiger partial charge in [-0.05, 0) is 12.2 Å². The zero-order valence-electron chi connectivity index (χ0n) is 10.8. The quantitative estimate of drug-likeness (QED) is 0.708. The highest BCUT2D eigenvalue weighted by Crippen LogP contribution is 2.12. The van der Waals surface area contributed by atoms with E-state index < -0.39 is 12.0 Å². The van der Waals surface area contributed by atoms with E-state index in [0.717, 1.165) is 24.3 Å². The number of unbranched alkanes of at least 4 members (excludes halogenated alkanes) is 1. The first kappa shape index (κ1) is 15.3. The van der Waals surface area contributed by atoms with Gasteiger partial charge in [0.25, 0.3) is 0 Å². The Morgan fingerprint density at radius 2 is 2.22 bits per heavy atom. The number of amides is 1. The number of ether oxygens (including phenoxy) is 1. The van der Waals surface area contributed by atoms with Crippen LogP contribution < -0.4 is 0 Å². The summed E-state index contributed by atoms with van der Waals surface area (Å²) in [5.41, 5.74) is 0. The third-order valence-corrected chi connectivity index (χ3v) is 3.91. The van der Waals surface area contributed by atoms with Crippen LogP contribution in [0, 0.1) is 0 Å². The highest BCUT2D eigenvalue weighted by Gasteiger charge is 2.32. The van der Waals surface area contributed by atoms with Crippen molar-refractivity contribution in [3.05, 3.63) is 0 Å². The number of rotatable bonds is 7. The Labute approximate surface area is 112 Å². The minimum absolute atomic E-state index is 0.0744. The van der Waals surface area contributed by atoms with E-state index >= 15 is 0 Å². The standard InChI is InChI=1S/C12H21NO4S/c1-2-3-7-18-8-4-11(14)13-5-6-17-9-10(13)12(15)16/h10H,2-9H2,1H3,(H,15,16). The number of carboxylic acid groups (broad SMARTS) is 1. The van der Waals surface area contributed by atoms with Crippen molar-refractivity contribution in [2.45, 2.75) is 32.2 Å². The summed E-state index contributed by atoms with van der Waals surface area (Å²) in [6, 6.07) is -0.813. The lowest BCUT2D eigenvalue weighted by molar-refractivity contribution is -0.158. The van der Waals surface area contributed by atoms with Gasteiger partial charge < -0.3 is 14.7 Å². The van der Waals surface area contributed by atoms with Crippen molar-refractivity contribution >= 4 is 23.6 Å². The molecule has 0 aromatic heterocycles. The van der Waals surface area contributed by atoms with Crippen molar-refractivity contribution in [2.24, 2.45) is 0 Å². The third kappa shape index (κ3) is 4.86. The summed E-state index contributed by atoms with van der Waals surface area (Å²) in [7, 11) is 0. The van der Waals surface area contributed by atoms with Crippen molar-refractivity contribution in [2.75, 3.05) is 31.3 Å². The van der Waals surface area contributed by atoms with Crippen LogP contribution in [0.4, 0.5) is 0 Å². The largest absolute Gasteiger partial charge is 0.480 e. The van der Waals surface area contributed by atoms with Crippen LogP contribution in [-0.4, -0.2) is 59.2 Å². The first-order valence-electron chi connectivity index (χ1n) is 6.34. The van der Waals surface area contributed by atoms with Gasteiger partial charge in [0.2, 0.25) is 5.91 Å². The van der Waals surface area contributed by atoms with Gasteiger partial charge in [-0.2, -0.15) is 11.8 Å². The van der Waals surface area contributed by atoms with Crippen molar-refractivity contribution in [3.8, 4) is 0 Å². The van der Waals surface area contributed by atoms with E-state index in [1.807, 2.05) is 0 Å². The Morgan fingerprint density at radius 3 is 2.89 bits per heavy atom. The number of thioether (sulfide) groups is 1. The fourth-order valence-electron chi connectivity index (χ4n) is 1.76. The van der Waals surface area contributed by atoms with Gasteiger partial charge >= 0.3 is 5.97 Å². The summed E-state index contributed by atoms with van der Waals surface area (Å²) in [4.78, 5) is 24.4. The lowest BCUT2D eigenvalue weighted by Gasteiger charge is -2.32. The third-order valence-electron chi connectivity index (χ3n) is 2.84. The lowest BCUT2D eigenvalue weighted by Crippen LogP contribution is -2.52. The van der Waals surface area contributed by atoms with E-state index in [2.05, 4.69) is 6.92 Å². The van der Waals surface area contributed by atoms with E-state index in [0.29, 0.717) is 19.6 Å². The Kier molecular flexibility index (Phi) is 7.12. The van der Waals surface area contributed by atoms with Crippen molar-refractivity contribution in [1.82, 2.24) is 4.90 Å². The molecule has 1 unspecified atom stereocenters. The number of carbonyl (C=O) groups is 2. The molecule has 1 rings (SSSR count). The molecule has 5 nitrogen and oxygen atoms in total. The van der Waals surface area contributed by atoms with Crippen LogP contribution in [0.1, 0.15) is 26.2 Å². The van der Waals surface area contributed by atoms with Gasteiger partial charge in [0.1, 0.15) is 0 Å². The van der Waals surface area contributed by atoms with Crippen LogP contribution >= 0.6 is 11.8 Å². The molecule has 1 amide bonds. The Hall–Kier alpha value is -0.750. The zero-order chi connectivity index (χ0) is 13.4. The highest BCUT2D eigenvalue weighted by molar-refractivity contribution is 7.99. The summed E-state index contributed by atoms with van der Waals surface area (Å²) in [5, 5.41) is 9.02.